The zero-order valence-electron chi connectivity index (χ0n) is 20.4. The standard InChI is InChI=1S/C26H29Cl3N4O2/c1-15-22(24(34)30-19-13-25(2,3)33(35)26(4,5)14-19)31-32(21-11-10-18(28)12-20(21)29)23(15)16-6-8-17(27)9-7-16/h6-12,19,35H,13-14H2,1-5H3,(H,30,34)/p+1. The lowest BCUT2D eigenvalue weighted by Gasteiger charge is -2.47. The predicted molar refractivity (Wildman–Crippen MR) is 143 cm³/mol. The summed E-state index contributed by atoms with van der Waals surface area (Å²) in [5.74, 6) is -0.253. The Morgan fingerprint density at radius 3 is 2.14 bits per heavy atom. The number of benzene rings is 2. The van der Waals surface area contributed by atoms with E-state index in [4.69, 9.17) is 45.1 Å². The van der Waals surface area contributed by atoms with Crippen LogP contribution < -0.4 is 5.32 Å². The fourth-order valence-corrected chi connectivity index (χ4v) is 5.74. The molecule has 1 aromatic heterocycles. The van der Waals surface area contributed by atoms with Gasteiger partial charge in [0.2, 0.25) is 0 Å². The number of hydrogen-bond donors (Lipinski definition) is 1. The van der Waals surface area contributed by atoms with Crippen molar-refractivity contribution in [1.29, 1.82) is 0 Å². The summed E-state index contributed by atoms with van der Waals surface area (Å²) in [6, 6.07) is 12.5. The van der Waals surface area contributed by atoms with E-state index in [1.165, 1.54) is 0 Å². The molecule has 2 aromatic carbocycles. The molecule has 6 nitrogen and oxygen atoms in total. The van der Waals surface area contributed by atoms with Crippen molar-refractivity contribution in [3.63, 3.8) is 0 Å². The van der Waals surface area contributed by atoms with Gasteiger partial charge in [-0.2, -0.15) is 5.10 Å². The Morgan fingerprint density at radius 1 is 1.00 bits per heavy atom. The first-order valence-corrected chi connectivity index (χ1v) is 12.6. The number of rotatable bonds is 4. The van der Waals surface area contributed by atoms with Gasteiger partial charge in [-0.1, -0.05) is 52.0 Å². The minimum atomic E-state index is -0.376. The van der Waals surface area contributed by atoms with E-state index >= 15 is 0 Å². The second kappa shape index (κ2) is 9.41. The molecule has 3 aromatic rings. The summed E-state index contributed by atoms with van der Waals surface area (Å²) in [5.41, 5.74) is 2.52. The van der Waals surface area contributed by atoms with Crippen LogP contribution in [0.15, 0.2) is 42.5 Å². The lowest BCUT2D eigenvalue weighted by atomic mass is 9.79. The highest BCUT2D eigenvalue weighted by molar-refractivity contribution is 6.35. The summed E-state index contributed by atoms with van der Waals surface area (Å²) in [6.07, 6.45) is 1.33. The Labute approximate surface area is 220 Å². The van der Waals surface area contributed by atoms with Crippen molar-refractivity contribution in [3.8, 4) is 16.9 Å². The number of carbonyl (C=O) groups is 1. The SMILES string of the molecule is Cc1c(C(=O)NC2CC(C)(C)N([OH2+])C(C)(C)C2)nn(-c2ccc(Cl)cc2Cl)c1-c1ccc(Cl)cc1. The molecule has 0 atom stereocenters. The molecule has 2 heterocycles. The zero-order chi connectivity index (χ0) is 25.7. The molecule has 0 saturated carbocycles. The molecule has 1 amide bonds. The lowest BCUT2D eigenvalue weighted by molar-refractivity contribution is -0.245. The van der Waals surface area contributed by atoms with Crippen LogP contribution in [0, 0.1) is 6.92 Å². The van der Waals surface area contributed by atoms with Crippen molar-refractivity contribution in [1.82, 2.24) is 20.2 Å². The Kier molecular flexibility index (Phi) is 6.99. The molecule has 3 N–H and O–H groups in total. The van der Waals surface area contributed by atoms with Crippen molar-refractivity contribution in [2.24, 2.45) is 0 Å². The Morgan fingerprint density at radius 2 is 1.57 bits per heavy atom. The number of amides is 1. The van der Waals surface area contributed by atoms with Gasteiger partial charge in [0.1, 0.15) is 0 Å². The maximum Gasteiger partial charge on any atom is 0.272 e. The van der Waals surface area contributed by atoms with E-state index in [1.807, 2.05) is 46.8 Å². The Hall–Kier alpha value is -2.09. The molecule has 1 aliphatic rings. The first kappa shape index (κ1) is 26.0. The van der Waals surface area contributed by atoms with Crippen molar-refractivity contribution >= 4 is 40.7 Å². The number of nitrogens with zero attached hydrogens (tertiary/aromatic N) is 3. The van der Waals surface area contributed by atoms with E-state index in [0.29, 0.717) is 39.3 Å². The number of nitrogens with one attached hydrogen (secondary N) is 1. The van der Waals surface area contributed by atoms with Crippen molar-refractivity contribution in [3.05, 3.63) is 68.8 Å². The molecule has 0 radical (unpaired) electrons. The zero-order valence-corrected chi connectivity index (χ0v) is 22.7. The van der Waals surface area contributed by atoms with E-state index in [2.05, 4.69) is 5.32 Å². The van der Waals surface area contributed by atoms with Gasteiger partial charge in [-0.25, -0.2) is 4.68 Å². The average molecular weight is 537 g/mol. The Bertz CT molecular complexity index is 1250. The van der Waals surface area contributed by atoms with Gasteiger partial charge < -0.3 is 10.5 Å². The maximum absolute atomic E-state index is 13.5. The fraction of sp³-hybridized carbons (Fsp3) is 0.385. The van der Waals surface area contributed by atoms with Crippen LogP contribution in [-0.4, -0.2) is 43.1 Å². The lowest BCUT2D eigenvalue weighted by Crippen LogP contribution is -2.63. The molecule has 1 saturated heterocycles. The first-order chi connectivity index (χ1) is 16.3. The number of halogens is 3. The molecule has 1 fully saturated rings. The summed E-state index contributed by atoms with van der Waals surface area (Å²) in [7, 11) is 0. The summed E-state index contributed by atoms with van der Waals surface area (Å²) in [5, 5.41) is 19.6. The number of aromatic nitrogens is 2. The van der Waals surface area contributed by atoms with E-state index in [0.717, 1.165) is 16.8 Å². The van der Waals surface area contributed by atoms with Crippen LogP contribution in [0.5, 0.6) is 0 Å². The topological polar surface area (TPSA) is 73.1 Å². The molecule has 4 rings (SSSR count). The first-order valence-electron chi connectivity index (χ1n) is 11.4. The largest absolute Gasteiger partial charge is 0.348 e. The molecule has 0 unspecified atom stereocenters. The van der Waals surface area contributed by atoms with Crippen molar-refractivity contribution in [2.45, 2.75) is 64.6 Å². The number of hydrogen-bond acceptors (Lipinski definition) is 3. The normalized spacial score (nSPS) is 18.0. The minimum absolute atomic E-state index is 0.0863. The van der Waals surface area contributed by atoms with Crippen molar-refractivity contribution < 1.29 is 10.0 Å². The van der Waals surface area contributed by atoms with Crippen LogP contribution in [0.2, 0.25) is 15.1 Å². The number of piperidine rings is 1. The van der Waals surface area contributed by atoms with Crippen LogP contribution in [-0.2, 0) is 0 Å². The third-order valence-corrected chi connectivity index (χ3v) is 7.42. The molecular weight excluding hydrogens is 507 g/mol. The van der Waals surface area contributed by atoms with E-state index in [1.54, 1.807) is 40.1 Å². The maximum atomic E-state index is 13.5. The molecule has 1 aliphatic heterocycles. The summed E-state index contributed by atoms with van der Waals surface area (Å²) in [6.45, 7) is 10.00. The van der Waals surface area contributed by atoms with Crippen LogP contribution >= 0.6 is 34.8 Å². The van der Waals surface area contributed by atoms with Gasteiger partial charge in [-0.05, 0) is 77.8 Å². The highest BCUT2D eigenvalue weighted by Gasteiger charge is 2.49. The predicted octanol–water partition coefficient (Wildman–Crippen LogP) is 6.20. The van der Waals surface area contributed by atoms with Gasteiger partial charge in [0.05, 0.1) is 27.5 Å². The van der Waals surface area contributed by atoms with Crippen LogP contribution in [0.1, 0.15) is 56.6 Å². The quantitative estimate of drug-likeness (QED) is 0.404. The van der Waals surface area contributed by atoms with Crippen LogP contribution in [0.3, 0.4) is 0 Å². The minimum Gasteiger partial charge on any atom is -0.348 e. The second-order valence-corrected chi connectivity index (χ2v) is 11.7. The molecule has 0 bridgehead atoms. The third kappa shape index (κ3) is 5.09. The van der Waals surface area contributed by atoms with Gasteiger partial charge >= 0.3 is 0 Å². The Balaban J connectivity index is 1.76. The van der Waals surface area contributed by atoms with E-state index < -0.39 is 0 Å². The second-order valence-electron chi connectivity index (χ2n) is 10.4. The van der Waals surface area contributed by atoms with Crippen LogP contribution in [0.25, 0.3) is 16.9 Å². The van der Waals surface area contributed by atoms with Gasteiger partial charge in [0, 0.05) is 27.2 Å². The number of hydroxylamine groups is 2. The summed E-state index contributed by atoms with van der Waals surface area (Å²) < 4.78 is 1.69. The smallest absolute Gasteiger partial charge is 0.272 e. The molecule has 0 spiro atoms. The van der Waals surface area contributed by atoms with Gasteiger partial charge in [-0.15, -0.1) is 0 Å². The highest BCUT2D eigenvalue weighted by Crippen LogP contribution is 2.37. The number of carbonyl (C=O) groups excluding carboxylic acids is 1. The highest BCUT2D eigenvalue weighted by atomic mass is 35.5. The van der Waals surface area contributed by atoms with E-state index in [-0.39, 0.29) is 23.0 Å². The average Bonchev–Trinajstić information content (AvgIpc) is 3.09. The molecule has 186 valence electrons. The monoisotopic (exact) mass is 535 g/mol. The molecule has 9 heteroatoms. The molecule has 0 aliphatic carbocycles. The van der Waals surface area contributed by atoms with E-state index in [9.17, 15) is 4.79 Å². The summed E-state index contributed by atoms with van der Waals surface area (Å²) >= 11 is 18.8. The van der Waals surface area contributed by atoms with Gasteiger partial charge in [0.15, 0.2) is 5.69 Å². The summed E-state index contributed by atoms with van der Waals surface area (Å²) in [4.78, 5) is 13.5. The molecule has 35 heavy (non-hydrogen) atoms. The van der Waals surface area contributed by atoms with Crippen molar-refractivity contribution in [2.75, 3.05) is 0 Å². The molecular formula is C26H30Cl3N4O2+. The van der Waals surface area contributed by atoms with Gasteiger partial charge in [-0.3, -0.25) is 4.79 Å². The van der Waals surface area contributed by atoms with Crippen LogP contribution in [0.4, 0.5) is 0 Å². The van der Waals surface area contributed by atoms with Gasteiger partial charge in [0.25, 0.3) is 5.91 Å². The fourth-order valence-electron chi connectivity index (χ4n) is 5.12. The third-order valence-electron chi connectivity index (χ3n) is 6.63.